The molecule has 1 aliphatic heterocycles. The fraction of sp³-hybridized carbons (Fsp3) is 0.412. The smallest absolute Gasteiger partial charge is 0.376 e. The Morgan fingerprint density at radius 2 is 2.08 bits per heavy atom. The normalized spacial score (nSPS) is 17.7. The average Bonchev–Trinajstić information content (AvgIpc) is 3.02. The van der Waals surface area contributed by atoms with Gasteiger partial charge in [0.15, 0.2) is 0 Å². The molecule has 1 aliphatic rings. The topological polar surface area (TPSA) is 68.2 Å². The molecular weight excluding hydrogens is 349 g/mol. The third-order valence-electron chi connectivity index (χ3n) is 4.00. The first-order valence-corrected chi connectivity index (χ1v) is 8.29. The summed E-state index contributed by atoms with van der Waals surface area (Å²) in [7, 11) is 0. The number of amides is 2. The van der Waals surface area contributed by atoms with Gasteiger partial charge in [0, 0.05) is 18.5 Å². The third-order valence-corrected chi connectivity index (χ3v) is 4.00. The van der Waals surface area contributed by atoms with Crippen molar-refractivity contribution in [3.63, 3.8) is 0 Å². The molecule has 0 aliphatic carbocycles. The van der Waals surface area contributed by atoms with Crippen molar-refractivity contribution in [2.24, 2.45) is 0 Å². The molecule has 26 heavy (non-hydrogen) atoms. The number of benzene rings is 1. The molecule has 2 N–H and O–H groups in total. The van der Waals surface area contributed by atoms with Gasteiger partial charge in [-0.05, 0) is 37.5 Å². The number of rotatable bonds is 4. The van der Waals surface area contributed by atoms with Crippen molar-refractivity contribution in [2.45, 2.75) is 38.1 Å². The maximum atomic E-state index is 12.7. The van der Waals surface area contributed by atoms with Crippen molar-refractivity contribution < 1.29 is 22.7 Å². The van der Waals surface area contributed by atoms with E-state index < -0.39 is 17.8 Å². The molecule has 1 saturated heterocycles. The molecule has 6 nitrogen and oxygen atoms in total. The molecule has 1 fully saturated rings. The van der Waals surface area contributed by atoms with Crippen molar-refractivity contribution in [3.8, 4) is 0 Å². The number of nitrogens with one attached hydrogen (secondary N) is 2. The van der Waals surface area contributed by atoms with Crippen LogP contribution in [-0.4, -0.2) is 28.5 Å². The lowest BCUT2D eigenvalue weighted by molar-refractivity contribution is -0.137. The SMILES string of the molecule is O=C(Nc1cccc(C(F)(F)F)c1)Nc1cnn(C[C@H]2CCCCO2)c1. The summed E-state index contributed by atoms with van der Waals surface area (Å²) in [5.74, 6) is 0. The molecular formula is C17H19F3N4O2. The van der Waals surface area contributed by atoms with Crippen LogP contribution >= 0.6 is 0 Å². The molecule has 3 rings (SSSR count). The Labute approximate surface area is 148 Å². The van der Waals surface area contributed by atoms with Crippen molar-refractivity contribution in [3.05, 3.63) is 42.2 Å². The van der Waals surface area contributed by atoms with Gasteiger partial charge in [0.2, 0.25) is 0 Å². The Morgan fingerprint density at radius 3 is 2.81 bits per heavy atom. The van der Waals surface area contributed by atoms with Crippen molar-refractivity contribution in [1.82, 2.24) is 9.78 Å². The van der Waals surface area contributed by atoms with Crippen LogP contribution in [0.5, 0.6) is 0 Å². The first-order chi connectivity index (χ1) is 12.4. The van der Waals surface area contributed by atoms with Crippen LogP contribution in [0.1, 0.15) is 24.8 Å². The lowest BCUT2D eigenvalue weighted by Crippen LogP contribution is -2.24. The minimum Gasteiger partial charge on any atom is -0.376 e. The number of carbonyl (C=O) groups excluding carboxylic acids is 1. The summed E-state index contributed by atoms with van der Waals surface area (Å²) in [5, 5.41) is 9.09. The highest BCUT2D eigenvalue weighted by Crippen LogP contribution is 2.30. The van der Waals surface area contributed by atoms with Gasteiger partial charge in [-0.25, -0.2) is 4.79 Å². The highest BCUT2D eigenvalue weighted by Gasteiger charge is 2.30. The second kappa shape index (κ2) is 7.77. The molecule has 1 atom stereocenters. The lowest BCUT2D eigenvalue weighted by atomic mass is 10.1. The predicted molar refractivity (Wildman–Crippen MR) is 89.9 cm³/mol. The first-order valence-electron chi connectivity index (χ1n) is 8.29. The Bertz CT molecular complexity index is 754. The van der Waals surface area contributed by atoms with E-state index in [-0.39, 0.29) is 11.8 Å². The standard InChI is InChI=1S/C17H19F3N4O2/c18-17(19,20)12-4-3-5-13(8-12)22-16(25)23-14-9-21-24(10-14)11-15-6-1-2-7-26-15/h3-5,8-10,15H,1-2,6-7,11H2,(H2,22,23,25)/t15-/m1/s1. The Kier molecular flexibility index (Phi) is 5.46. The summed E-state index contributed by atoms with van der Waals surface area (Å²) in [4.78, 5) is 12.0. The van der Waals surface area contributed by atoms with E-state index in [1.165, 1.54) is 18.3 Å². The van der Waals surface area contributed by atoms with E-state index in [1.54, 1.807) is 10.9 Å². The summed E-state index contributed by atoms with van der Waals surface area (Å²) in [6.07, 6.45) is 1.94. The van der Waals surface area contributed by atoms with Crippen molar-refractivity contribution >= 4 is 17.4 Å². The first kappa shape index (κ1) is 18.2. The number of hydrogen-bond donors (Lipinski definition) is 2. The largest absolute Gasteiger partial charge is 0.416 e. The van der Waals surface area contributed by atoms with Gasteiger partial charge in [-0.3, -0.25) is 4.68 Å². The van der Waals surface area contributed by atoms with Gasteiger partial charge in [0.05, 0.1) is 30.1 Å². The maximum Gasteiger partial charge on any atom is 0.416 e. The van der Waals surface area contributed by atoms with Crippen LogP contribution in [0.4, 0.5) is 29.3 Å². The Hall–Kier alpha value is -2.55. The van der Waals surface area contributed by atoms with E-state index in [1.807, 2.05) is 0 Å². The number of urea groups is 1. The number of anilines is 2. The van der Waals surface area contributed by atoms with Gasteiger partial charge in [0.1, 0.15) is 0 Å². The minimum atomic E-state index is -4.46. The summed E-state index contributed by atoms with van der Waals surface area (Å²) in [5.41, 5.74) is -0.318. The van der Waals surface area contributed by atoms with Gasteiger partial charge in [-0.1, -0.05) is 6.07 Å². The molecule has 0 bridgehead atoms. The summed E-state index contributed by atoms with van der Waals surface area (Å²) in [6, 6.07) is 3.81. The van der Waals surface area contributed by atoms with Crippen LogP contribution in [0.25, 0.3) is 0 Å². The van der Waals surface area contributed by atoms with E-state index in [9.17, 15) is 18.0 Å². The van der Waals surface area contributed by atoms with Crippen LogP contribution in [0, 0.1) is 0 Å². The van der Waals surface area contributed by atoms with Gasteiger partial charge < -0.3 is 15.4 Å². The average molecular weight is 368 g/mol. The fourth-order valence-corrected chi connectivity index (χ4v) is 2.75. The molecule has 2 amide bonds. The monoisotopic (exact) mass is 368 g/mol. The number of ether oxygens (including phenoxy) is 1. The molecule has 0 spiro atoms. The zero-order valence-electron chi connectivity index (χ0n) is 13.9. The number of nitrogens with zero attached hydrogens (tertiary/aromatic N) is 2. The lowest BCUT2D eigenvalue weighted by Gasteiger charge is -2.22. The van der Waals surface area contributed by atoms with Crippen LogP contribution < -0.4 is 10.6 Å². The molecule has 1 aromatic heterocycles. The highest BCUT2D eigenvalue weighted by atomic mass is 19.4. The van der Waals surface area contributed by atoms with Crippen molar-refractivity contribution in [2.75, 3.05) is 17.2 Å². The molecule has 0 saturated carbocycles. The zero-order valence-corrected chi connectivity index (χ0v) is 13.9. The van der Waals surface area contributed by atoms with E-state index in [0.29, 0.717) is 12.2 Å². The molecule has 140 valence electrons. The van der Waals surface area contributed by atoms with Gasteiger partial charge in [-0.2, -0.15) is 18.3 Å². The molecule has 2 aromatic rings. The maximum absolute atomic E-state index is 12.7. The third kappa shape index (κ3) is 4.98. The number of alkyl halides is 3. The van der Waals surface area contributed by atoms with E-state index in [2.05, 4.69) is 15.7 Å². The van der Waals surface area contributed by atoms with E-state index in [4.69, 9.17) is 4.74 Å². The number of aromatic nitrogens is 2. The number of hydrogen-bond acceptors (Lipinski definition) is 3. The summed E-state index contributed by atoms with van der Waals surface area (Å²) in [6.45, 7) is 1.34. The van der Waals surface area contributed by atoms with E-state index >= 15 is 0 Å². The quantitative estimate of drug-likeness (QED) is 0.853. The molecule has 0 unspecified atom stereocenters. The Balaban J connectivity index is 1.55. The second-order valence-corrected chi connectivity index (χ2v) is 6.10. The number of carbonyl (C=O) groups is 1. The molecule has 2 heterocycles. The highest BCUT2D eigenvalue weighted by molar-refractivity contribution is 5.99. The molecule has 9 heteroatoms. The van der Waals surface area contributed by atoms with Crippen LogP contribution in [-0.2, 0) is 17.5 Å². The fourth-order valence-electron chi connectivity index (χ4n) is 2.75. The Morgan fingerprint density at radius 1 is 1.27 bits per heavy atom. The van der Waals surface area contributed by atoms with Crippen molar-refractivity contribution in [1.29, 1.82) is 0 Å². The van der Waals surface area contributed by atoms with Crippen LogP contribution in [0.15, 0.2) is 36.7 Å². The predicted octanol–water partition coefficient (Wildman–Crippen LogP) is 4.12. The van der Waals surface area contributed by atoms with Crippen LogP contribution in [0.3, 0.4) is 0 Å². The van der Waals surface area contributed by atoms with Crippen LogP contribution in [0.2, 0.25) is 0 Å². The number of halogens is 3. The van der Waals surface area contributed by atoms with Gasteiger partial charge >= 0.3 is 12.2 Å². The minimum absolute atomic E-state index is 0.0559. The second-order valence-electron chi connectivity index (χ2n) is 6.10. The summed E-state index contributed by atoms with van der Waals surface area (Å²) >= 11 is 0. The van der Waals surface area contributed by atoms with Gasteiger partial charge in [-0.15, -0.1) is 0 Å². The van der Waals surface area contributed by atoms with Gasteiger partial charge in [0.25, 0.3) is 0 Å². The summed E-state index contributed by atoms with van der Waals surface area (Å²) < 4.78 is 45.4. The molecule has 0 radical (unpaired) electrons. The molecule has 1 aromatic carbocycles. The van der Waals surface area contributed by atoms with E-state index in [0.717, 1.165) is 38.0 Å². The zero-order chi connectivity index (χ0) is 18.6.